The summed E-state index contributed by atoms with van der Waals surface area (Å²) in [6, 6.07) is 15.5. The van der Waals surface area contributed by atoms with Crippen molar-refractivity contribution in [3.63, 3.8) is 0 Å². The Morgan fingerprint density at radius 3 is 1.85 bits per heavy atom. The van der Waals surface area contributed by atoms with Gasteiger partial charge in [0, 0.05) is 59.6 Å². The minimum atomic E-state index is -0.0662. The molecule has 0 spiro atoms. The maximum Gasteiger partial charge on any atom is 0.254 e. The number of anilines is 1. The standard InChI is InChI=1S/C43H63N5O11S/c1-34-30-38(4-5-39(34)43(50)48-11-14-59-40-6-2-35(31-37(40)33-48)36-3-7-41(45)47-32-36)60-29-10-46-42(49)8-12-51-15-17-53-19-21-55-23-25-57-27-28-58-26-24-56-22-20-54-18-16-52-13-9-44/h2-7,30-32H,8-29,33,44H2,1H3,(H2,45,47)(H,46,49). The van der Waals surface area contributed by atoms with E-state index in [0.717, 1.165) is 32.9 Å². The zero-order valence-corrected chi connectivity index (χ0v) is 35.7. The Kier molecular flexibility index (Phi) is 24.6. The predicted molar refractivity (Wildman–Crippen MR) is 229 cm³/mol. The maximum atomic E-state index is 13.7. The van der Waals surface area contributed by atoms with Crippen LogP contribution < -0.4 is 21.5 Å². The van der Waals surface area contributed by atoms with Crippen molar-refractivity contribution < 1.29 is 52.2 Å². The molecule has 0 atom stereocenters. The summed E-state index contributed by atoms with van der Waals surface area (Å²) < 4.78 is 49.5. The molecule has 1 aromatic heterocycles. The van der Waals surface area contributed by atoms with Gasteiger partial charge in [-0.15, -0.1) is 11.8 Å². The first-order valence-corrected chi connectivity index (χ1v) is 21.5. The van der Waals surface area contributed by atoms with Gasteiger partial charge < -0.3 is 64.3 Å². The number of aryl methyl sites for hydroxylation is 1. The molecule has 4 rings (SSSR count). The summed E-state index contributed by atoms with van der Waals surface area (Å²) in [5.74, 6) is 1.84. The molecule has 1 aliphatic rings. The highest BCUT2D eigenvalue weighted by atomic mass is 32.2. The van der Waals surface area contributed by atoms with Crippen molar-refractivity contribution in [3.05, 3.63) is 71.4 Å². The van der Waals surface area contributed by atoms with Crippen LogP contribution in [0.1, 0.15) is 27.9 Å². The van der Waals surface area contributed by atoms with Gasteiger partial charge in [-0.1, -0.05) is 6.07 Å². The largest absolute Gasteiger partial charge is 0.491 e. The molecule has 2 heterocycles. The summed E-state index contributed by atoms with van der Waals surface area (Å²) in [6.07, 6.45) is 2.02. The molecule has 0 fully saturated rings. The van der Waals surface area contributed by atoms with Crippen LogP contribution in [0.15, 0.2) is 59.6 Å². The first kappa shape index (κ1) is 48.8. The number of amides is 2. The predicted octanol–water partition coefficient (Wildman–Crippen LogP) is 3.36. The maximum absolute atomic E-state index is 13.7. The van der Waals surface area contributed by atoms with Crippen LogP contribution in [0.2, 0.25) is 0 Å². The van der Waals surface area contributed by atoms with E-state index in [1.54, 1.807) is 24.0 Å². The Morgan fingerprint density at radius 2 is 1.30 bits per heavy atom. The molecule has 0 bridgehead atoms. The summed E-state index contributed by atoms with van der Waals surface area (Å²) in [5.41, 5.74) is 15.5. The van der Waals surface area contributed by atoms with Crippen LogP contribution in [-0.4, -0.2) is 159 Å². The normalized spacial score (nSPS) is 12.5. The zero-order chi connectivity index (χ0) is 42.5. The minimum absolute atomic E-state index is 0.0374. The number of carbonyl (C=O) groups is 2. The number of nitrogens with zero attached hydrogens (tertiary/aromatic N) is 2. The lowest BCUT2D eigenvalue weighted by Gasteiger charge is -2.21. The van der Waals surface area contributed by atoms with E-state index in [1.165, 1.54) is 0 Å². The summed E-state index contributed by atoms with van der Waals surface area (Å²) in [4.78, 5) is 33.0. The Hall–Kier alpha value is -3.88. The van der Waals surface area contributed by atoms with Crippen molar-refractivity contribution in [3.8, 4) is 16.9 Å². The van der Waals surface area contributed by atoms with Gasteiger partial charge in [-0.3, -0.25) is 9.59 Å². The zero-order valence-electron chi connectivity index (χ0n) is 34.9. The van der Waals surface area contributed by atoms with Crippen LogP contribution in [0.5, 0.6) is 5.75 Å². The SMILES string of the molecule is Cc1cc(SCCNC(=O)CCOCCOCCOCCOCCOCCOCCOCCOCCN)ccc1C(=O)N1CCOc2ccc(-c3ccc(N)nc3)cc2C1. The third-order valence-electron chi connectivity index (χ3n) is 8.91. The molecule has 332 valence electrons. The fraction of sp³-hybridized carbons (Fsp3) is 0.558. The number of hydrogen-bond acceptors (Lipinski definition) is 15. The van der Waals surface area contributed by atoms with E-state index in [-0.39, 0.29) is 18.2 Å². The number of thioether (sulfide) groups is 1. The number of hydrogen-bond donors (Lipinski definition) is 3. The first-order chi connectivity index (χ1) is 29.4. The quantitative estimate of drug-likeness (QED) is 0.0610. The average molecular weight is 858 g/mol. The molecule has 2 aromatic carbocycles. The minimum Gasteiger partial charge on any atom is -0.491 e. The topological polar surface area (TPSA) is 197 Å². The lowest BCUT2D eigenvalue weighted by molar-refractivity contribution is -0.122. The monoisotopic (exact) mass is 857 g/mol. The second-order valence-electron chi connectivity index (χ2n) is 13.5. The van der Waals surface area contributed by atoms with Crippen LogP contribution in [0.25, 0.3) is 11.1 Å². The number of nitrogen functional groups attached to an aromatic ring is 1. The van der Waals surface area contributed by atoms with E-state index < -0.39 is 0 Å². The first-order valence-electron chi connectivity index (χ1n) is 20.5. The summed E-state index contributed by atoms with van der Waals surface area (Å²) in [7, 11) is 0. The van der Waals surface area contributed by atoms with E-state index in [4.69, 9.17) is 54.1 Å². The third kappa shape index (κ3) is 19.7. The van der Waals surface area contributed by atoms with Crippen molar-refractivity contribution in [2.45, 2.75) is 24.8 Å². The van der Waals surface area contributed by atoms with Crippen molar-refractivity contribution >= 4 is 29.4 Å². The fourth-order valence-corrected chi connectivity index (χ4v) is 6.66. The van der Waals surface area contributed by atoms with Gasteiger partial charge in [-0.05, 0) is 60.5 Å². The number of fused-ring (bicyclic) bond motifs is 1. The molecule has 2 amide bonds. The smallest absolute Gasteiger partial charge is 0.254 e. The van der Waals surface area contributed by atoms with E-state index in [2.05, 4.69) is 10.3 Å². The van der Waals surface area contributed by atoms with Gasteiger partial charge in [0.05, 0.1) is 112 Å². The fourth-order valence-electron chi connectivity index (χ4n) is 5.80. The number of nitrogens with one attached hydrogen (secondary N) is 1. The molecule has 0 saturated heterocycles. The molecule has 1 aliphatic heterocycles. The molecule has 3 aromatic rings. The number of pyridine rings is 1. The molecule has 0 radical (unpaired) electrons. The van der Waals surface area contributed by atoms with Crippen LogP contribution >= 0.6 is 11.8 Å². The van der Waals surface area contributed by atoms with Crippen LogP contribution in [0.3, 0.4) is 0 Å². The summed E-state index contributed by atoms with van der Waals surface area (Å²) >= 11 is 1.63. The molecule has 16 nitrogen and oxygen atoms in total. The lowest BCUT2D eigenvalue weighted by atomic mass is 10.0. The number of benzene rings is 2. The van der Waals surface area contributed by atoms with Gasteiger partial charge in [0.2, 0.25) is 5.91 Å². The molecule has 17 heteroatoms. The molecule has 5 N–H and O–H groups in total. The van der Waals surface area contributed by atoms with Gasteiger partial charge in [-0.2, -0.15) is 0 Å². The number of aromatic nitrogens is 1. The van der Waals surface area contributed by atoms with Crippen molar-refractivity contribution in [2.75, 3.05) is 143 Å². The van der Waals surface area contributed by atoms with E-state index in [0.29, 0.717) is 156 Å². The Morgan fingerprint density at radius 1 is 0.733 bits per heavy atom. The van der Waals surface area contributed by atoms with Crippen molar-refractivity contribution in [2.24, 2.45) is 5.73 Å². The van der Waals surface area contributed by atoms with Gasteiger partial charge in [0.25, 0.3) is 5.91 Å². The number of nitrogens with two attached hydrogens (primary N) is 2. The molecule has 60 heavy (non-hydrogen) atoms. The van der Waals surface area contributed by atoms with Crippen LogP contribution in [0, 0.1) is 6.92 Å². The van der Waals surface area contributed by atoms with Gasteiger partial charge in [0.1, 0.15) is 18.2 Å². The second kappa shape index (κ2) is 30.2. The molecule has 0 saturated carbocycles. The molecular formula is C43H63N5O11S. The third-order valence-corrected chi connectivity index (χ3v) is 9.90. The van der Waals surface area contributed by atoms with E-state index in [9.17, 15) is 9.59 Å². The highest BCUT2D eigenvalue weighted by molar-refractivity contribution is 7.99. The average Bonchev–Trinajstić information content (AvgIpc) is 3.47. The summed E-state index contributed by atoms with van der Waals surface area (Å²) in [6.45, 7) is 11.9. The summed E-state index contributed by atoms with van der Waals surface area (Å²) in [5, 5.41) is 2.94. The van der Waals surface area contributed by atoms with Crippen LogP contribution in [-0.2, 0) is 49.2 Å². The van der Waals surface area contributed by atoms with Gasteiger partial charge in [-0.25, -0.2) is 4.98 Å². The van der Waals surface area contributed by atoms with Gasteiger partial charge in [0.15, 0.2) is 0 Å². The van der Waals surface area contributed by atoms with Gasteiger partial charge >= 0.3 is 0 Å². The number of ether oxygens (including phenoxy) is 9. The molecule has 0 aliphatic carbocycles. The van der Waals surface area contributed by atoms with Crippen LogP contribution in [0.4, 0.5) is 5.82 Å². The van der Waals surface area contributed by atoms with Crippen molar-refractivity contribution in [1.29, 1.82) is 0 Å². The number of carbonyl (C=O) groups excluding carboxylic acids is 2. The highest BCUT2D eigenvalue weighted by Gasteiger charge is 2.23. The van der Waals surface area contributed by atoms with E-state index in [1.807, 2.05) is 54.3 Å². The Balaban J connectivity index is 0.942. The Labute approximate surface area is 358 Å². The van der Waals surface area contributed by atoms with E-state index >= 15 is 0 Å². The molecular weight excluding hydrogens is 795 g/mol. The highest BCUT2D eigenvalue weighted by Crippen LogP contribution is 2.30. The lowest BCUT2D eigenvalue weighted by Crippen LogP contribution is -2.32. The Bertz CT molecular complexity index is 1660. The van der Waals surface area contributed by atoms with Crippen molar-refractivity contribution in [1.82, 2.24) is 15.2 Å². The second-order valence-corrected chi connectivity index (χ2v) is 14.7. The number of rotatable bonds is 32. The molecule has 0 unspecified atom stereocenters.